The number of amides is 1. The van der Waals surface area contributed by atoms with Crippen LogP contribution in [-0.4, -0.2) is 35.9 Å². The van der Waals surface area contributed by atoms with Gasteiger partial charge in [0.15, 0.2) is 0 Å². The van der Waals surface area contributed by atoms with Crippen molar-refractivity contribution >= 4 is 17.6 Å². The van der Waals surface area contributed by atoms with Crippen molar-refractivity contribution in [1.82, 2.24) is 0 Å². The second-order valence-corrected chi connectivity index (χ2v) is 4.36. The largest absolute Gasteiger partial charge is 0.481 e. The Hall–Kier alpha value is -2.12. The first-order valence-electron chi connectivity index (χ1n) is 5.92. The van der Waals surface area contributed by atoms with Crippen LogP contribution in [0.4, 0.5) is 23.2 Å². The lowest BCUT2D eigenvalue weighted by atomic mass is 10.2. The third kappa shape index (κ3) is 4.17. The van der Waals surface area contributed by atoms with Crippen LogP contribution in [0.25, 0.3) is 0 Å². The van der Waals surface area contributed by atoms with Gasteiger partial charge in [0.25, 0.3) is 0 Å². The summed E-state index contributed by atoms with van der Waals surface area (Å²) in [5.74, 6) is -8.33. The summed E-state index contributed by atoms with van der Waals surface area (Å²) in [7, 11) is 0. The smallest absolute Gasteiger partial charge is 0.384 e. The maximum Gasteiger partial charge on any atom is 0.384 e. The molecule has 0 bridgehead atoms. The van der Waals surface area contributed by atoms with Gasteiger partial charge in [-0.2, -0.15) is 8.78 Å². The quantitative estimate of drug-likeness (QED) is 0.822. The number of rotatable bonds is 6. The molecular weight excluding hydrogens is 294 g/mol. The van der Waals surface area contributed by atoms with Crippen LogP contribution >= 0.6 is 0 Å². The van der Waals surface area contributed by atoms with E-state index in [-0.39, 0.29) is 5.69 Å². The van der Waals surface area contributed by atoms with Gasteiger partial charge in [0, 0.05) is 12.2 Å². The molecule has 0 fully saturated rings. The van der Waals surface area contributed by atoms with Crippen molar-refractivity contribution in [2.24, 2.45) is 0 Å². The average molecular weight is 307 g/mol. The standard InChI is InChI=1S/C13H13F4NO3/c1-8-2-4-9(5-3-8)18(7-6-10(19)20)12(21)13(16,17)11(14)15/h2-5,11H,6-7H2,1H3,(H,19,20). The van der Waals surface area contributed by atoms with E-state index >= 15 is 0 Å². The second-order valence-electron chi connectivity index (χ2n) is 4.36. The summed E-state index contributed by atoms with van der Waals surface area (Å²) in [6.07, 6.45) is -4.80. The minimum Gasteiger partial charge on any atom is -0.481 e. The average Bonchev–Trinajstić information content (AvgIpc) is 2.40. The monoisotopic (exact) mass is 307 g/mol. The predicted molar refractivity (Wildman–Crippen MR) is 66.7 cm³/mol. The van der Waals surface area contributed by atoms with Crippen LogP contribution in [0.15, 0.2) is 24.3 Å². The van der Waals surface area contributed by atoms with Crippen molar-refractivity contribution in [1.29, 1.82) is 0 Å². The van der Waals surface area contributed by atoms with Gasteiger partial charge in [-0.05, 0) is 19.1 Å². The van der Waals surface area contributed by atoms with Crippen molar-refractivity contribution in [3.63, 3.8) is 0 Å². The minimum atomic E-state index is -4.87. The Morgan fingerprint density at radius 3 is 2.19 bits per heavy atom. The lowest BCUT2D eigenvalue weighted by Crippen LogP contribution is -2.48. The highest BCUT2D eigenvalue weighted by atomic mass is 19.3. The van der Waals surface area contributed by atoms with Gasteiger partial charge in [-0.15, -0.1) is 0 Å². The topological polar surface area (TPSA) is 57.6 Å². The number of aryl methyl sites for hydroxylation is 1. The number of aliphatic carboxylic acids is 1. The normalized spacial score (nSPS) is 11.5. The summed E-state index contributed by atoms with van der Waals surface area (Å²) in [6, 6.07) is 5.57. The number of hydrogen-bond donors (Lipinski definition) is 1. The molecule has 0 spiro atoms. The molecule has 21 heavy (non-hydrogen) atoms. The fraction of sp³-hybridized carbons (Fsp3) is 0.385. The summed E-state index contributed by atoms with van der Waals surface area (Å²) in [5, 5.41) is 8.57. The molecule has 1 rings (SSSR count). The first-order chi connectivity index (χ1) is 9.66. The van der Waals surface area contributed by atoms with Gasteiger partial charge < -0.3 is 10.0 Å². The number of benzene rings is 1. The summed E-state index contributed by atoms with van der Waals surface area (Å²) in [4.78, 5) is 22.5. The van der Waals surface area contributed by atoms with Crippen LogP contribution in [-0.2, 0) is 9.59 Å². The molecule has 0 saturated carbocycles. The van der Waals surface area contributed by atoms with E-state index in [2.05, 4.69) is 0 Å². The maximum atomic E-state index is 13.2. The third-order valence-corrected chi connectivity index (χ3v) is 2.70. The molecule has 4 nitrogen and oxygen atoms in total. The van der Waals surface area contributed by atoms with Gasteiger partial charge in [0.05, 0.1) is 6.42 Å². The van der Waals surface area contributed by atoms with E-state index in [0.717, 1.165) is 5.56 Å². The number of carbonyl (C=O) groups excluding carboxylic acids is 1. The van der Waals surface area contributed by atoms with Gasteiger partial charge in [-0.25, -0.2) is 8.78 Å². The lowest BCUT2D eigenvalue weighted by Gasteiger charge is -2.26. The molecule has 0 saturated heterocycles. The Morgan fingerprint density at radius 1 is 1.24 bits per heavy atom. The molecule has 1 amide bonds. The molecule has 1 N–H and O–H groups in total. The predicted octanol–water partition coefficient (Wildman–Crippen LogP) is 2.70. The van der Waals surface area contributed by atoms with Gasteiger partial charge in [0.1, 0.15) is 0 Å². The Bertz CT molecular complexity index is 517. The molecule has 0 aliphatic carbocycles. The molecule has 0 heterocycles. The van der Waals surface area contributed by atoms with Crippen molar-refractivity contribution in [2.75, 3.05) is 11.4 Å². The number of halogens is 4. The Kier molecular flexibility index (Phi) is 5.28. The molecule has 0 unspecified atom stereocenters. The summed E-state index contributed by atoms with van der Waals surface area (Å²) in [5.41, 5.74) is 0.706. The van der Waals surface area contributed by atoms with Crippen molar-refractivity contribution in [3.05, 3.63) is 29.8 Å². The third-order valence-electron chi connectivity index (χ3n) is 2.70. The van der Waals surface area contributed by atoms with Gasteiger partial charge in [-0.1, -0.05) is 17.7 Å². The minimum absolute atomic E-state index is 0.0628. The number of nitrogens with zero attached hydrogens (tertiary/aromatic N) is 1. The highest BCUT2D eigenvalue weighted by Crippen LogP contribution is 2.28. The van der Waals surface area contributed by atoms with Crippen LogP contribution in [0.1, 0.15) is 12.0 Å². The van der Waals surface area contributed by atoms with E-state index in [9.17, 15) is 27.2 Å². The molecule has 0 atom stereocenters. The SMILES string of the molecule is Cc1ccc(N(CCC(=O)O)C(=O)C(F)(F)C(F)F)cc1. The zero-order valence-corrected chi connectivity index (χ0v) is 11.0. The number of carboxylic acids is 1. The summed E-state index contributed by atoms with van der Waals surface area (Å²) in [6.45, 7) is 1.08. The highest BCUT2D eigenvalue weighted by Gasteiger charge is 2.51. The maximum absolute atomic E-state index is 13.2. The van der Waals surface area contributed by atoms with Crippen LogP contribution in [0, 0.1) is 6.92 Å². The van der Waals surface area contributed by atoms with Crippen LogP contribution in [0.3, 0.4) is 0 Å². The van der Waals surface area contributed by atoms with Crippen LogP contribution in [0.5, 0.6) is 0 Å². The number of carbonyl (C=O) groups is 2. The second kappa shape index (κ2) is 6.55. The molecule has 0 aromatic heterocycles. The van der Waals surface area contributed by atoms with E-state index in [1.165, 1.54) is 24.3 Å². The molecule has 8 heteroatoms. The Morgan fingerprint density at radius 2 is 1.76 bits per heavy atom. The van der Waals surface area contributed by atoms with Gasteiger partial charge in [-0.3, -0.25) is 9.59 Å². The molecular formula is C13H13F4NO3. The lowest BCUT2D eigenvalue weighted by molar-refractivity contribution is -0.166. The van der Waals surface area contributed by atoms with Crippen molar-refractivity contribution in [3.8, 4) is 0 Å². The van der Waals surface area contributed by atoms with Crippen LogP contribution in [0.2, 0.25) is 0 Å². The van der Waals surface area contributed by atoms with E-state index in [1.54, 1.807) is 6.92 Å². The molecule has 0 radical (unpaired) electrons. The Balaban J connectivity index is 3.10. The number of hydrogen-bond acceptors (Lipinski definition) is 2. The van der Waals surface area contributed by atoms with Gasteiger partial charge in [0.2, 0.25) is 0 Å². The molecule has 1 aromatic rings. The van der Waals surface area contributed by atoms with E-state index in [0.29, 0.717) is 4.90 Å². The fourth-order valence-electron chi connectivity index (χ4n) is 1.55. The first kappa shape index (κ1) is 16.9. The molecule has 0 aliphatic heterocycles. The number of alkyl halides is 4. The van der Waals surface area contributed by atoms with E-state index < -0.39 is 37.2 Å². The Labute approximate surface area is 118 Å². The van der Waals surface area contributed by atoms with E-state index in [4.69, 9.17) is 5.11 Å². The summed E-state index contributed by atoms with van der Waals surface area (Å²) >= 11 is 0. The van der Waals surface area contributed by atoms with Crippen molar-refractivity contribution in [2.45, 2.75) is 25.7 Å². The molecule has 116 valence electrons. The number of carboxylic acid groups (broad SMARTS) is 1. The van der Waals surface area contributed by atoms with Crippen LogP contribution < -0.4 is 4.90 Å². The molecule has 1 aromatic carbocycles. The van der Waals surface area contributed by atoms with Gasteiger partial charge >= 0.3 is 24.2 Å². The molecule has 0 aliphatic rings. The van der Waals surface area contributed by atoms with E-state index in [1.807, 2.05) is 0 Å². The highest BCUT2D eigenvalue weighted by molar-refractivity contribution is 5.99. The number of anilines is 1. The zero-order chi connectivity index (χ0) is 16.2. The van der Waals surface area contributed by atoms with Crippen molar-refractivity contribution < 1.29 is 32.3 Å². The summed E-state index contributed by atoms with van der Waals surface area (Å²) < 4.78 is 51.0. The zero-order valence-electron chi connectivity index (χ0n) is 11.0. The first-order valence-corrected chi connectivity index (χ1v) is 5.92. The fourth-order valence-corrected chi connectivity index (χ4v) is 1.55.